The van der Waals surface area contributed by atoms with Gasteiger partial charge in [0.1, 0.15) is 36.8 Å². The van der Waals surface area contributed by atoms with E-state index in [-0.39, 0.29) is 0 Å². The molecule has 0 heterocycles. The molecule has 0 saturated heterocycles. The molecule has 0 aliphatic carbocycles. The maximum absolute atomic E-state index is 11.3. The number of hydrogen-bond donors (Lipinski definition) is 2. The van der Waals surface area contributed by atoms with Gasteiger partial charge in [-0.3, -0.25) is 9.59 Å². The fourth-order valence-electron chi connectivity index (χ4n) is 3.90. The quantitative estimate of drug-likeness (QED) is 0.237. The molecule has 8 heteroatoms. The molecule has 0 saturated carbocycles. The van der Waals surface area contributed by atoms with E-state index in [2.05, 4.69) is 9.47 Å². The van der Waals surface area contributed by atoms with Gasteiger partial charge in [-0.1, -0.05) is 84.9 Å². The summed E-state index contributed by atoms with van der Waals surface area (Å²) in [6.07, 6.45) is 0.900. The SMILES string of the molecule is COC(=O)C(N)Cc1ccc(OCc2ccccc2)cc1.COC(=O)C(N)Cc1ccc(OCc2ccccc2)cc1. The summed E-state index contributed by atoms with van der Waals surface area (Å²) < 4.78 is 20.6. The summed E-state index contributed by atoms with van der Waals surface area (Å²) in [6, 6.07) is 33.8. The summed E-state index contributed by atoms with van der Waals surface area (Å²) in [5.74, 6) is 0.766. The van der Waals surface area contributed by atoms with E-state index in [1.54, 1.807) is 0 Å². The summed E-state index contributed by atoms with van der Waals surface area (Å²) in [6.45, 7) is 1.06. The summed E-state index contributed by atoms with van der Waals surface area (Å²) in [5.41, 5.74) is 15.6. The average Bonchev–Trinajstić information content (AvgIpc) is 3.04. The molecule has 0 aliphatic rings. The van der Waals surface area contributed by atoms with Gasteiger partial charge in [0, 0.05) is 0 Å². The number of hydrogen-bond acceptors (Lipinski definition) is 8. The topological polar surface area (TPSA) is 123 Å². The molecular formula is C34H38N2O6. The Morgan fingerprint density at radius 2 is 0.857 bits per heavy atom. The van der Waals surface area contributed by atoms with Crippen LogP contribution in [0.2, 0.25) is 0 Å². The van der Waals surface area contributed by atoms with Crippen molar-refractivity contribution < 1.29 is 28.5 Å². The zero-order valence-electron chi connectivity index (χ0n) is 24.0. The highest BCUT2D eigenvalue weighted by Crippen LogP contribution is 2.16. The van der Waals surface area contributed by atoms with Gasteiger partial charge in [-0.15, -0.1) is 0 Å². The van der Waals surface area contributed by atoms with Crippen molar-refractivity contribution in [2.75, 3.05) is 14.2 Å². The van der Waals surface area contributed by atoms with Crippen LogP contribution >= 0.6 is 0 Å². The van der Waals surface area contributed by atoms with Crippen LogP contribution < -0.4 is 20.9 Å². The van der Waals surface area contributed by atoms with Crippen LogP contribution in [0.25, 0.3) is 0 Å². The minimum atomic E-state index is -0.633. The molecule has 4 aromatic carbocycles. The highest BCUT2D eigenvalue weighted by atomic mass is 16.5. The van der Waals surface area contributed by atoms with E-state index in [0.29, 0.717) is 26.1 Å². The van der Waals surface area contributed by atoms with E-state index >= 15 is 0 Å². The largest absolute Gasteiger partial charge is 0.489 e. The number of carbonyl (C=O) groups is 2. The number of benzene rings is 4. The fourth-order valence-corrected chi connectivity index (χ4v) is 3.90. The van der Waals surface area contributed by atoms with Crippen LogP contribution in [0.5, 0.6) is 11.5 Å². The molecule has 0 bridgehead atoms. The zero-order valence-corrected chi connectivity index (χ0v) is 24.0. The predicted molar refractivity (Wildman–Crippen MR) is 162 cm³/mol. The standard InChI is InChI=1S/2C17H19NO3/c2*1-20-17(19)16(18)11-13-7-9-15(10-8-13)21-12-14-5-3-2-4-6-14/h2*2-10,16H,11-12,18H2,1H3. The third-order valence-corrected chi connectivity index (χ3v) is 6.26. The molecule has 0 radical (unpaired) electrons. The minimum absolute atomic E-state index is 0.403. The zero-order chi connectivity index (χ0) is 30.2. The highest BCUT2D eigenvalue weighted by molar-refractivity contribution is 5.76. The van der Waals surface area contributed by atoms with Gasteiger partial charge in [-0.2, -0.15) is 0 Å². The van der Waals surface area contributed by atoms with Crippen molar-refractivity contribution in [2.45, 2.75) is 38.1 Å². The molecule has 0 amide bonds. The Bertz CT molecular complexity index is 1240. The van der Waals surface area contributed by atoms with E-state index in [0.717, 1.165) is 33.8 Å². The van der Waals surface area contributed by atoms with Gasteiger partial charge in [0.05, 0.1) is 14.2 Å². The van der Waals surface area contributed by atoms with Crippen LogP contribution in [0, 0.1) is 0 Å². The molecular weight excluding hydrogens is 532 g/mol. The number of ether oxygens (including phenoxy) is 4. The van der Waals surface area contributed by atoms with Crippen LogP contribution in [0.15, 0.2) is 109 Å². The number of methoxy groups -OCH3 is 2. The van der Waals surface area contributed by atoms with Gasteiger partial charge in [0.25, 0.3) is 0 Å². The lowest BCUT2D eigenvalue weighted by molar-refractivity contribution is -0.142. The monoisotopic (exact) mass is 570 g/mol. The van der Waals surface area contributed by atoms with E-state index in [9.17, 15) is 9.59 Å². The van der Waals surface area contributed by atoms with E-state index in [4.69, 9.17) is 20.9 Å². The van der Waals surface area contributed by atoms with Crippen molar-refractivity contribution in [3.63, 3.8) is 0 Å². The van der Waals surface area contributed by atoms with Crippen LogP contribution in [0.4, 0.5) is 0 Å². The van der Waals surface area contributed by atoms with E-state index < -0.39 is 24.0 Å². The lowest BCUT2D eigenvalue weighted by Gasteiger charge is -2.10. The van der Waals surface area contributed by atoms with E-state index in [1.165, 1.54) is 14.2 Å². The number of nitrogens with two attached hydrogens (primary N) is 2. The van der Waals surface area contributed by atoms with Gasteiger partial charge >= 0.3 is 11.9 Å². The second kappa shape index (κ2) is 17.2. The third-order valence-electron chi connectivity index (χ3n) is 6.26. The summed E-state index contributed by atoms with van der Waals surface area (Å²) >= 11 is 0. The Morgan fingerprint density at radius 3 is 1.17 bits per heavy atom. The summed E-state index contributed by atoms with van der Waals surface area (Å²) in [7, 11) is 2.67. The fraction of sp³-hybridized carbons (Fsp3) is 0.235. The number of esters is 2. The van der Waals surface area contributed by atoms with Crippen molar-refractivity contribution in [3.05, 3.63) is 131 Å². The maximum Gasteiger partial charge on any atom is 0.322 e. The van der Waals surface area contributed by atoms with Crippen LogP contribution in [0.3, 0.4) is 0 Å². The Kier molecular flexibility index (Phi) is 13.1. The highest BCUT2D eigenvalue weighted by Gasteiger charge is 2.15. The molecule has 8 nitrogen and oxygen atoms in total. The number of rotatable bonds is 12. The first-order valence-corrected chi connectivity index (χ1v) is 13.6. The normalized spacial score (nSPS) is 11.7. The van der Waals surface area contributed by atoms with Gasteiger partial charge in [0.2, 0.25) is 0 Å². The number of carbonyl (C=O) groups excluding carboxylic acids is 2. The Morgan fingerprint density at radius 1 is 0.524 bits per heavy atom. The minimum Gasteiger partial charge on any atom is -0.489 e. The van der Waals surface area contributed by atoms with Crippen LogP contribution in [-0.2, 0) is 45.1 Å². The van der Waals surface area contributed by atoms with Gasteiger partial charge < -0.3 is 30.4 Å². The first-order chi connectivity index (χ1) is 20.4. The Hall–Kier alpha value is -4.66. The van der Waals surface area contributed by atoms with Gasteiger partial charge in [-0.05, 0) is 59.4 Å². The van der Waals surface area contributed by atoms with Crippen molar-refractivity contribution in [1.82, 2.24) is 0 Å². The molecule has 0 spiro atoms. The average molecular weight is 571 g/mol. The second-order valence-electron chi connectivity index (χ2n) is 9.50. The van der Waals surface area contributed by atoms with Crippen LogP contribution in [0.1, 0.15) is 22.3 Å². The molecule has 0 fully saturated rings. The molecule has 220 valence electrons. The Labute approximate surface area is 247 Å². The maximum atomic E-state index is 11.3. The van der Waals surface area contributed by atoms with Crippen molar-refractivity contribution in [3.8, 4) is 11.5 Å². The molecule has 42 heavy (non-hydrogen) atoms. The summed E-state index contributed by atoms with van der Waals surface area (Å²) in [5, 5.41) is 0. The molecule has 4 rings (SSSR count). The van der Waals surface area contributed by atoms with Crippen molar-refractivity contribution in [2.24, 2.45) is 11.5 Å². The van der Waals surface area contributed by atoms with Gasteiger partial charge in [-0.25, -0.2) is 0 Å². The molecule has 4 aromatic rings. The van der Waals surface area contributed by atoms with E-state index in [1.807, 2.05) is 109 Å². The predicted octanol–water partition coefficient (Wildman–Crippen LogP) is 4.62. The molecule has 4 N–H and O–H groups in total. The van der Waals surface area contributed by atoms with Gasteiger partial charge in [0.15, 0.2) is 0 Å². The molecule has 2 unspecified atom stereocenters. The second-order valence-corrected chi connectivity index (χ2v) is 9.50. The molecule has 0 aliphatic heterocycles. The third kappa shape index (κ3) is 11.1. The summed E-state index contributed by atoms with van der Waals surface area (Å²) in [4.78, 5) is 22.5. The lowest BCUT2D eigenvalue weighted by atomic mass is 10.1. The van der Waals surface area contributed by atoms with Crippen molar-refractivity contribution in [1.29, 1.82) is 0 Å². The smallest absolute Gasteiger partial charge is 0.322 e. The molecule has 0 aromatic heterocycles. The lowest BCUT2D eigenvalue weighted by Crippen LogP contribution is -2.33. The van der Waals surface area contributed by atoms with Crippen LogP contribution in [-0.4, -0.2) is 38.2 Å². The van der Waals surface area contributed by atoms with Crippen molar-refractivity contribution >= 4 is 11.9 Å². The Balaban J connectivity index is 0.000000230. The first kappa shape index (κ1) is 31.9. The molecule has 2 atom stereocenters. The first-order valence-electron chi connectivity index (χ1n) is 13.6.